The van der Waals surface area contributed by atoms with E-state index in [4.69, 9.17) is 0 Å². The molecule has 0 spiro atoms. The number of nitrogens with zero attached hydrogens (tertiary/aromatic N) is 1. The third kappa shape index (κ3) is 3.48. The van der Waals surface area contributed by atoms with Gasteiger partial charge in [0.2, 0.25) is 0 Å². The van der Waals surface area contributed by atoms with Gasteiger partial charge in [0.25, 0.3) is 0 Å². The Labute approximate surface area is 128 Å². The molecule has 0 aromatic heterocycles. The summed E-state index contributed by atoms with van der Waals surface area (Å²) in [5, 5.41) is 9.38. The molecule has 19 heavy (non-hydrogen) atoms. The maximum Gasteiger partial charge on any atom is 0.309 e. The van der Waals surface area contributed by atoms with Crippen molar-refractivity contribution < 1.29 is 9.90 Å². The van der Waals surface area contributed by atoms with Crippen LogP contribution in [-0.2, 0) is 11.3 Å². The fourth-order valence-electron chi connectivity index (χ4n) is 2.71. The Bertz CT molecular complexity index is 436. The molecule has 1 aromatic carbocycles. The van der Waals surface area contributed by atoms with Gasteiger partial charge < -0.3 is 5.11 Å². The summed E-state index contributed by atoms with van der Waals surface area (Å²) in [6, 6.07) is 8.54. The molecule has 3 nitrogen and oxygen atoms in total. The molecule has 4 heteroatoms. The van der Waals surface area contributed by atoms with Gasteiger partial charge in [-0.3, -0.25) is 9.69 Å². The lowest BCUT2D eigenvalue weighted by Gasteiger charge is -2.38. The number of likely N-dealkylation sites (tertiary alicyclic amines) is 1. The lowest BCUT2D eigenvalue weighted by molar-refractivity contribution is -0.152. The number of halogens is 1. The molecule has 0 amide bonds. The highest BCUT2D eigenvalue weighted by Crippen LogP contribution is 2.35. The van der Waals surface area contributed by atoms with Gasteiger partial charge in [-0.2, -0.15) is 0 Å². The summed E-state index contributed by atoms with van der Waals surface area (Å²) in [7, 11) is 0. The minimum Gasteiger partial charge on any atom is -0.481 e. The minimum atomic E-state index is -0.621. The van der Waals surface area contributed by atoms with Gasteiger partial charge in [0.05, 0.1) is 5.41 Å². The van der Waals surface area contributed by atoms with E-state index in [0.717, 1.165) is 38.9 Å². The summed E-state index contributed by atoms with van der Waals surface area (Å²) >= 11 is 2.31. The molecule has 1 aliphatic heterocycles. The molecule has 0 unspecified atom stereocenters. The molecular formula is C15H20INO2. The zero-order valence-electron chi connectivity index (χ0n) is 11.2. The van der Waals surface area contributed by atoms with E-state index in [2.05, 4.69) is 51.8 Å². The van der Waals surface area contributed by atoms with Crippen LogP contribution < -0.4 is 0 Å². The van der Waals surface area contributed by atoms with Crippen molar-refractivity contribution in [3.63, 3.8) is 0 Å². The molecule has 1 fully saturated rings. The van der Waals surface area contributed by atoms with Gasteiger partial charge >= 0.3 is 5.97 Å². The van der Waals surface area contributed by atoms with Crippen molar-refractivity contribution in [3.05, 3.63) is 33.4 Å². The van der Waals surface area contributed by atoms with Crippen LogP contribution >= 0.6 is 22.6 Å². The summed E-state index contributed by atoms with van der Waals surface area (Å²) in [6.07, 6.45) is 2.27. The molecule has 0 saturated carbocycles. The van der Waals surface area contributed by atoms with Crippen LogP contribution in [0.25, 0.3) is 0 Å². The van der Waals surface area contributed by atoms with Crippen molar-refractivity contribution in [1.29, 1.82) is 0 Å². The molecule has 1 saturated heterocycles. The summed E-state index contributed by atoms with van der Waals surface area (Å²) in [4.78, 5) is 13.8. The highest BCUT2D eigenvalue weighted by Gasteiger charge is 2.39. The van der Waals surface area contributed by atoms with Crippen LogP contribution in [0.3, 0.4) is 0 Å². The first-order valence-electron chi connectivity index (χ1n) is 6.76. The fourth-order valence-corrected chi connectivity index (χ4v) is 3.07. The lowest BCUT2D eigenvalue weighted by Crippen LogP contribution is -2.43. The predicted molar refractivity (Wildman–Crippen MR) is 84.0 cm³/mol. The topological polar surface area (TPSA) is 40.5 Å². The van der Waals surface area contributed by atoms with Crippen LogP contribution in [-0.4, -0.2) is 29.1 Å². The van der Waals surface area contributed by atoms with Crippen molar-refractivity contribution in [1.82, 2.24) is 4.90 Å². The number of carbonyl (C=O) groups is 1. The van der Waals surface area contributed by atoms with Crippen LogP contribution in [0, 0.1) is 8.99 Å². The molecule has 1 aromatic rings. The van der Waals surface area contributed by atoms with Gasteiger partial charge in [0.15, 0.2) is 0 Å². The molecule has 0 aliphatic carbocycles. The predicted octanol–water partition coefficient (Wildman–Crippen LogP) is 3.37. The number of rotatable bonds is 4. The number of hydrogen-bond donors (Lipinski definition) is 1. The van der Waals surface area contributed by atoms with Crippen LogP contribution in [0.15, 0.2) is 24.3 Å². The second kappa shape index (κ2) is 6.22. The number of carboxylic acids is 1. The minimum absolute atomic E-state index is 0.484. The number of hydrogen-bond acceptors (Lipinski definition) is 2. The summed E-state index contributed by atoms with van der Waals surface area (Å²) < 4.78 is 1.25. The van der Waals surface area contributed by atoms with Crippen LogP contribution in [0.1, 0.15) is 31.7 Å². The zero-order valence-corrected chi connectivity index (χ0v) is 13.4. The molecule has 0 bridgehead atoms. The molecule has 1 N–H and O–H groups in total. The van der Waals surface area contributed by atoms with Gasteiger partial charge in [-0.15, -0.1) is 0 Å². The van der Waals surface area contributed by atoms with Crippen molar-refractivity contribution in [2.24, 2.45) is 5.41 Å². The number of carboxylic acid groups (broad SMARTS) is 1. The second-order valence-corrected chi connectivity index (χ2v) is 6.59. The van der Waals surface area contributed by atoms with Crippen LogP contribution in [0.4, 0.5) is 0 Å². The fraction of sp³-hybridized carbons (Fsp3) is 0.533. The van der Waals surface area contributed by atoms with Crippen LogP contribution in [0.5, 0.6) is 0 Å². The van der Waals surface area contributed by atoms with E-state index in [0.29, 0.717) is 0 Å². The summed E-state index contributed by atoms with van der Waals surface area (Å²) in [6.45, 7) is 4.68. The maximum absolute atomic E-state index is 11.4. The first-order chi connectivity index (χ1) is 9.05. The Morgan fingerprint density at radius 2 is 1.89 bits per heavy atom. The quantitative estimate of drug-likeness (QED) is 0.823. The van der Waals surface area contributed by atoms with Crippen molar-refractivity contribution in [2.75, 3.05) is 13.1 Å². The Morgan fingerprint density at radius 3 is 2.37 bits per heavy atom. The van der Waals surface area contributed by atoms with Crippen LogP contribution in [0.2, 0.25) is 0 Å². The lowest BCUT2D eigenvalue weighted by atomic mass is 9.76. The van der Waals surface area contributed by atoms with E-state index >= 15 is 0 Å². The largest absolute Gasteiger partial charge is 0.481 e. The number of piperidine rings is 1. The number of aliphatic carboxylic acids is 1. The Hall–Kier alpha value is -0.620. The summed E-state index contributed by atoms with van der Waals surface area (Å²) in [5.41, 5.74) is 0.822. The number of benzene rings is 1. The van der Waals surface area contributed by atoms with Gasteiger partial charge in [-0.25, -0.2) is 0 Å². The van der Waals surface area contributed by atoms with Gasteiger partial charge in [-0.1, -0.05) is 19.1 Å². The van der Waals surface area contributed by atoms with Crippen molar-refractivity contribution >= 4 is 28.6 Å². The molecule has 104 valence electrons. The SMILES string of the molecule is CCC1(C(=O)O)CCN(Cc2ccc(I)cc2)CC1. The average molecular weight is 373 g/mol. The molecule has 0 radical (unpaired) electrons. The molecule has 0 atom stereocenters. The third-order valence-electron chi connectivity index (χ3n) is 4.26. The van der Waals surface area contributed by atoms with Crippen molar-refractivity contribution in [3.8, 4) is 0 Å². The normalized spacial score (nSPS) is 19.3. The third-order valence-corrected chi connectivity index (χ3v) is 4.98. The Morgan fingerprint density at radius 1 is 1.32 bits per heavy atom. The smallest absolute Gasteiger partial charge is 0.309 e. The summed E-state index contributed by atoms with van der Waals surface area (Å²) in [5.74, 6) is -0.621. The van der Waals surface area contributed by atoms with E-state index in [1.165, 1.54) is 9.13 Å². The zero-order chi connectivity index (χ0) is 13.9. The second-order valence-electron chi connectivity index (χ2n) is 5.34. The Kier molecular flexibility index (Phi) is 4.84. The first-order valence-corrected chi connectivity index (χ1v) is 7.84. The monoisotopic (exact) mass is 373 g/mol. The molecule has 1 aliphatic rings. The van der Waals surface area contributed by atoms with E-state index in [9.17, 15) is 9.90 Å². The molecule has 2 rings (SSSR count). The van der Waals surface area contributed by atoms with E-state index < -0.39 is 11.4 Å². The maximum atomic E-state index is 11.4. The highest BCUT2D eigenvalue weighted by atomic mass is 127. The Balaban J connectivity index is 1.93. The average Bonchev–Trinajstić information content (AvgIpc) is 2.42. The molecular weight excluding hydrogens is 353 g/mol. The standard InChI is InChI=1S/C15H20INO2/c1-2-15(14(18)19)7-9-17(10-8-15)11-12-3-5-13(16)6-4-12/h3-6H,2,7-11H2,1H3,(H,18,19). The highest BCUT2D eigenvalue weighted by molar-refractivity contribution is 14.1. The van der Waals surface area contributed by atoms with Gasteiger partial charge in [0.1, 0.15) is 0 Å². The van der Waals surface area contributed by atoms with E-state index in [1.54, 1.807) is 0 Å². The van der Waals surface area contributed by atoms with Gasteiger partial charge in [-0.05, 0) is 72.6 Å². The van der Waals surface area contributed by atoms with Crippen molar-refractivity contribution in [2.45, 2.75) is 32.7 Å². The van der Waals surface area contributed by atoms with Gasteiger partial charge in [0, 0.05) is 10.1 Å². The molecule has 1 heterocycles. The van der Waals surface area contributed by atoms with E-state index in [-0.39, 0.29) is 0 Å². The van der Waals surface area contributed by atoms with E-state index in [1.807, 2.05) is 6.92 Å². The first kappa shape index (κ1) is 14.8.